The van der Waals surface area contributed by atoms with Crippen molar-refractivity contribution in [1.29, 1.82) is 0 Å². The highest BCUT2D eigenvalue weighted by Crippen LogP contribution is 2.58. The van der Waals surface area contributed by atoms with Gasteiger partial charge in [0.05, 0.1) is 11.6 Å². The van der Waals surface area contributed by atoms with Crippen LogP contribution in [0.3, 0.4) is 0 Å². The Bertz CT molecular complexity index is 1550. The maximum atomic E-state index is 14.2. The van der Waals surface area contributed by atoms with Crippen LogP contribution in [-0.2, 0) is 14.4 Å². The summed E-state index contributed by atoms with van der Waals surface area (Å²) in [6.45, 7) is 3.54. The van der Waals surface area contributed by atoms with Gasteiger partial charge in [-0.1, -0.05) is 50.2 Å². The van der Waals surface area contributed by atoms with Gasteiger partial charge in [-0.25, -0.2) is 0 Å². The van der Waals surface area contributed by atoms with Crippen LogP contribution in [0.4, 0.5) is 0 Å². The first kappa shape index (κ1) is 27.3. The molecule has 2 aromatic rings. The average Bonchev–Trinajstić information content (AvgIpc) is 2.90. The van der Waals surface area contributed by atoms with Crippen LogP contribution in [0.1, 0.15) is 41.3 Å². The van der Waals surface area contributed by atoms with Crippen LogP contribution >= 0.6 is 0 Å². The minimum absolute atomic E-state index is 0.00736. The number of hydrogen-bond donors (Lipinski definition) is 5. The fourth-order valence-corrected chi connectivity index (χ4v) is 7.08. The number of ketones is 2. The van der Waals surface area contributed by atoms with Crippen molar-refractivity contribution < 1.29 is 39.6 Å². The fraction of sp³-hybridized carbons (Fsp3) is 0.333. The number of aliphatic hydroxyl groups is 3. The van der Waals surface area contributed by atoms with Crippen LogP contribution in [0.2, 0.25) is 0 Å². The zero-order valence-electron chi connectivity index (χ0n) is 22.4. The number of fused-ring (bicyclic) bond motifs is 3. The van der Waals surface area contributed by atoms with Gasteiger partial charge in [0, 0.05) is 28.5 Å². The third-order valence-corrected chi connectivity index (χ3v) is 8.88. The zero-order chi connectivity index (χ0) is 29.4. The predicted molar refractivity (Wildman–Crippen MR) is 144 cm³/mol. The molecule has 0 radical (unpaired) electrons. The van der Waals surface area contributed by atoms with Gasteiger partial charge in [-0.15, -0.1) is 0 Å². The van der Waals surface area contributed by atoms with Crippen molar-refractivity contribution in [2.75, 3.05) is 14.1 Å². The molecule has 0 aliphatic heterocycles. The van der Waals surface area contributed by atoms with E-state index in [1.807, 2.05) is 6.92 Å². The summed E-state index contributed by atoms with van der Waals surface area (Å²) in [4.78, 5) is 52.2. The number of rotatable bonds is 4. The normalized spacial score (nSPS) is 29.7. The second-order valence-corrected chi connectivity index (χ2v) is 11.1. The van der Waals surface area contributed by atoms with Gasteiger partial charge in [-0.2, -0.15) is 0 Å². The van der Waals surface area contributed by atoms with Gasteiger partial charge >= 0.3 is 0 Å². The van der Waals surface area contributed by atoms with Crippen molar-refractivity contribution in [3.05, 3.63) is 70.0 Å². The number of nitrogens with two attached hydrogens (primary N) is 1. The van der Waals surface area contributed by atoms with Crippen LogP contribution in [-0.4, -0.2) is 74.8 Å². The first-order valence-electron chi connectivity index (χ1n) is 12.8. The first-order valence-corrected chi connectivity index (χ1v) is 12.8. The Morgan fingerprint density at radius 1 is 1.02 bits per heavy atom. The number of carbonyl (C=O) groups excluding carboxylic acids is 4. The molecule has 10 nitrogen and oxygen atoms in total. The molecular weight excluding hydrogens is 516 g/mol. The van der Waals surface area contributed by atoms with Gasteiger partial charge in [0.2, 0.25) is 5.78 Å². The van der Waals surface area contributed by atoms with Crippen molar-refractivity contribution >= 4 is 29.5 Å². The highest BCUT2D eigenvalue weighted by molar-refractivity contribution is 6.24. The van der Waals surface area contributed by atoms with E-state index in [4.69, 9.17) is 5.73 Å². The summed E-state index contributed by atoms with van der Waals surface area (Å²) < 4.78 is 0. The summed E-state index contributed by atoms with van der Waals surface area (Å²) in [6.07, 6.45) is 0.690. The monoisotopic (exact) mass is 546 g/mol. The number of Topliss-reactive ketones (excluding diaryl/α,β-unsaturated/α-hetero) is 2. The Kier molecular flexibility index (Phi) is 6.24. The van der Waals surface area contributed by atoms with E-state index in [0.29, 0.717) is 28.5 Å². The Morgan fingerprint density at radius 2 is 1.65 bits per heavy atom. The molecule has 208 valence electrons. The quantitative estimate of drug-likeness (QED) is 0.284. The molecule has 10 heteroatoms. The number of phenols is 1. The standard InChI is InChI=1S/C30H30N2O8/c1-12-16-9-10-17(15-7-5-14(11-33)6-8-15)24(34)19(16)25(35)20-18(12)13(2)22-23(32(3)4)26(36)21(29(31)39)28(38)30(22,40)27(20)37/h5-13,18,22-23,34-35,38,40H,1-4H3,(H2,31,39)/t12-,13-,18-,22-,23-,30-/m0/s1. The Hall–Kier alpha value is -4.28. The number of aliphatic hydroxyl groups excluding tert-OH is 2. The Morgan fingerprint density at radius 3 is 2.20 bits per heavy atom. The average molecular weight is 547 g/mol. The molecule has 1 saturated carbocycles. The summed E-state index contributed by atoms with van der Waals surface area (Å²) in [5.74, 6) is -8.11. The highest BCUT2D eigenvalue weighted by atomic mass is 16.3. The minimum atomic E-state index is -2.72. The van der Waals surface area contributed by atoms with E-state index >= 15 is 0 Å². The molecule has 0 heterocycles. The lowest BCUT2D eigenvalue weighted by molar-refractivity contribution is -0.160. The summed E-state index contributed by atoms with van der Waals surface area (Å²) >= 11 is 0. The molecule has 3 aliphatic carbocycles. The number of phenolic OH excluding ortho intramolecular Hbond substituents is 1. The second-order valence-electron chi connectivity index (χ2n) is 11.1. The topological polar surface area (TPSA) is 178 Å². The van der Waals surface area contributed by atoms with E-state index in [-0.39, 0.29) is 16.9 Å². The summed E-state index contributed by atoms with van der Waals surface area (Å²) in [6, 6.07) is 8.70. The molecule has 1 fully saturated rings. The van der Waals surface area contributed by atoms with Crippen molar-refractivity contribution in [2.24, 2.45) is 23.5 Å². The largest absolute Gasteiger partial charge is 0.508 e. The predicted octanol–water partition coefficient (Wildman–Crippen LogP) is 2.25. The molecule has 6 atom stereocenters. The SMILES string of the molecule is C[C@H]1[C@H]2C(=C(O)c3c(ccc(-c4ccc(C=O)cc4)c3O)[C@@H]2C)C(=O)[C@]2(O)C(O)=C(C(N)=O)C(=O)[C@@H](N(C)C)[C@H]12. The van der Waals surface area contributed by atoms with Crippen molar-refractivity contribution in [1.82, 2.24) is 4.90 Å². The summed E-state index contributed by atoms with van der Waals surface area (Å²) in [5, 5.41) is 45.9. The van der Waals surface area contributed by atoms with Crippen LogP contribution in [0, 0.1) is 17.8 Å². The van der Waals surface area contributed by atoms with Gasteiger partial charge in [0.1, 0.15) is 29.1 Å². The van der Waals surface area contributed by atoms with Gasteiger partial charge in [-0.05, 0) is 37.1 Å². The van der Waals surface area contributed by atoms with E-state index in [9.17, 15) is 39.6 Å². The highest BCUT2D eigenvalue weighted by Gasteiger charge is 2.67. The number of aromatic hydroxyl groups is 1. The van der Waals surface area contributed by atoms with Crippen LogP contribution in [0.5, 0.6) is 5.75 Å². The molecule has 1 amide bonds. The Balaban J connectivity index is 1.76. The fourth-order valence-electron chi connectivity index (χ4n) is 7.08. The molecular formula is C30H30N2O8. The van der Waals surface area contributed by atoms with Crippen molar-refractivity contribution in [2.45, 2.75) is 31.4 Å². The van der Waals surface area contributed by atoms with Gasteiger partial charge in [0.15, 0.2) is 11.4 Å². The third kappa shape index (κ3) is 3.42. The molecule has 0 spiro atoms. The van der Waals surface area contributed by atoms with E-state index in [0.717, 1.165) is 0 Å². The third-order valence-electron chi connectivity index (χ3n) is 8.88. The number of aldehydes is 1. The first-order chi connectivity index (χ1) is 18.8. The van der Waals surface area contributed by atoms with Gasteiger partial charge in [-0.3, -0.25) is 24.1 Å². The molecule has 0 bridgehead atoms. The molecule has 40 heavy (non-hydrogen) atoms. The Labute approximate surface area is 230 Å². The number of amides is 1. The lowest BCUT2D eigenvalue weighted by atomic mass is 9.51. The maximum absolute atomic E-state index is 14.2. The molecule has 0 aromatic heterocycles. The number of benzene rings is 2. The summed E-state index contributed by atoms with van der Waals surface area (Å²) in [7, 11) is 3.12. The minimum Gasteiger partial charge on any atom is -0.508 e. The molecule has 0 saturated heterocycles. The zero-order valence-corrected chi connectivity index (χ0v) is 22.4. The lowest BCUT2D eigenvalue weighted by Gasteiger charge is -2.54. The van der Waals surface area contributed by atoms with Crippen molar-refractivity contribution in [3.63, 3.8) is 0 Å². The van der Waals surface area contributed by atoms with Gasteiger partial charge in [0.25, 0.3) is 5.91 Å². The maximum Gasteiger partial charge on any atom is 0.255 e. The number of carbonyl (C=O) groups is 4. The molecule has 2 aromatic carbocycles. The molecule has 3 aliphatic rings. The van der Waals surface area contributed by atoms with E-state index in [2.05, 4.69) is 0 Å². The van der Waals surface area contributed by atoms with Crippen LogP contribution in [0.25, 0.3) is 16.9 Å². The van der Waals surface area contributed by atoms with E-state index < -0.39 is 69.9 Å². The molecule has 6 N–H and O–H groups in total. The summed E-state index contributed by atoms with van der Waals surface area (Å²) in [5.41, 5.74) is 3.52. The van der Waals surface area contributed by atoms with E-state index in [1.165, 1.54) is 4.90 Å². The van der Waals surface area contributed by atoms with E-state index in [1.54, 1.807) is 57.4 Å². The second kappa shape index (κ2) is 9.14. The smallest absolute Gasteiger partial charge is 0.255 e. The van der Waals surface area contributed by atoms with Crippen LogP contribution in [0.15, 0.2) is 53.3 Å². The number of likely N-dealkylation sites (N-methyl/N-ethyl adjacent to an activating group) is 1. The van der Waals surface area contributed by atoms with Crippen molar-refractivity contribution in [3.8, 4) is 16.9 Å². The van der Waals surface area contributed by atoms with Gasteiger partial charge < -0.3 is 26.2 Å². The number of primary amides is 1. The number of nitrogens with zero attached hydrogens (tertiary/aromatic N) is 1. The molecule has 0 unspecified atom stereocenters. The van der Waals surface area contributed by atoms with Crippen LogP contribution < -0.4 is 5.73 Å². The lowest BCUT2D eigenvalue weighted by Crippen LogP contribution is -2.68. The molecule has 5 rings (SSSR count). The number of hydrogen-bond acceptors (Lipinski definition) is 9.